The van der Waals surface area contributed by atoms with Gasteiger partial charge in [-0.1, -0.05) is 13.8 Å². The van der Waals surface area contributed by atoms with Crippen molar-refractivity contribution in [2.45, 2.75) is 26.3 Å². The zero-order chi connectivity index (χ0) is 12.9. The summed E-state index contributed by atoms with van der Waals surface area (Å²) in [6, 6.07) is 2.17. The van der Waals surface area contributed by atoms with Crippen molar-refractivity contribution in [1.29, 1.82) is 5.26 Å². The number of hydrogen-bond acceptors (Lipinski definition) is 4. The Morgan fingerprint density at radius 3 is 2.59 bits per heavy atom. The first-order valence-electron chi connectivity index (χ1n) is 6.00. The lowest BCUT2D eigenvalue weighted by Crippen LogP contribution is -2.52. The molecule has 1 saturated heterocycles. The van der Waals surface area contributed by atoms with Crippen molar-refractivity contribution in [1.82, 2.24) is 10.2 Å². The fourth-order valence-corrected chi connectivity index (χ4v) is 1.59. The van der Waals surface area contributed by atoms with Gasteiger partial charge in [-0.2, -0.15) is 5.26 Å². The maximum absolute atomic E-state index is 11.8. The van der Waals surface area contributed by atoms with Crippen LogP contribution in [0.15, 0.2) is 0 Å². The van der Waals surface area contributed by atoms with Crippen molar-refractivity contribution in [3.63, 3.8) is 0 Å². The van der Waals surface area contributed by atoms with Crippen LogP contribution < -0.4 is 5.32 Å². The Labute approximate surface area is 103 Å². The van der Waals surface area contributed by atoms with Crippen molar-refractivity contribution in [3.05, 3.63) is 0 Å². The number of nitrogens with zero attached hydrogens (tertiary/aromatic N) is 2. The van der Waals surface area contributed by atoms with E-state index in [9.17, 15) is 4.79 Å². The molecular formula is C12H21N3O2. The summed E-state index contributed by atoms with van der Waals surface area (Å²) in [4.78, 5) is 13.9. The zero-order valence-corrected chi connectivity index (χ0v) is 10.8. The van der Waals surface area contributed by atoms with Gasteiger partial charge in [0.25, 0.3) is 0 Å². The smallest absolute Gasteiger partial charge is 0.235 e. The topological polar surface area (TPSA) is 65.4 Å². The van der Waals surface area contributed by atoms with Crippen LogP contribution in [0, 0.1) is 17.2 Å². The Balaban J connectivity index is 2.45. The number of morpholine rings is 1. The predicted octanol–water partition coefficient (Wildman–Crippen LogP) is 0.373. The summed E-state index contributed by atoms with van der Waals surface area (Å²) in [7, 11) is 0. The molecule has 0 aromatic carbocycles. The molecule has 0 saturated carbocycles. The quantitative estimate of drug-likeness (QED) is 0.770. The molecule has 5 heteroatoms. The van der Waals surface area contributed by atoms with Gasteiger partial charge in [0.15, 0.2) is 0 Å². The van der Waals surface area contributed by atoms with E-state index in [0.29, 0.717) is 19.8 Å². The number of nitrogens with one attached hydrogen (secondary N) is 1. The van der Waals surface area contributed by atoms with Crippen LogP contribution in [0.4, 0.5) is 0 Å². The van der Waals surface area contributed by atoms with Gasteiger partial charge in [-0.05, 0) is 12.8 Å². The second kappa shape index (κ2) is 5.99. The van der Waals surface area contributed by atoms with E-state index < -0.39 is 5.54 Å². The fraction of sp³-hybridized carbons (Fsp3) is 0.833. The predicted molar refractivity (Wildman–Crippen MR) is 64.3 cm³/mol. The number of carbonyl (C=O) groups is 1. The van der Waals surface area contributed by atoms with Crippen molar-refractivity contribution in [2.75, 3.05) is 32.8 Å². The highest BCUT2D eigenvalue weighted by Crippen LogP contribution is 2.14. The molecular weight excluding hydrogens is 218 g/mol. The first-order valence-corrected chi connectivity index (χ1v) is 6.00. The number of amides is 1. The lowest BCUT2D eigenvalue weighted by molar-refractivity contribution is -0.124. The zero-order valence-electron chi connectivity index (χ0n) is 10.8. The molecule has 1 amide bonds. The van der Waals surface area contributed by atoms with Gasteiger partial charge in [0.05, 0.1) is 25.8 Å². The molecule has 1 aliphatic rings. The molecule has 0 unspecified atom stereocenters. The molecule has 0 radical (unpaired) electrons. The van der Waals surface area contributed by atoms with Gasteiger partial charge in [0.1, 0.15) is 5.54 Å². The molecule has 1 aliphatic heterocycles. The monoisotopic (exact) mass is 239 g/mol. The van der Waals surface area contributed by atoms with E-state index in [2.05, 4.69) is 11.4 Å². The minimum atomic E-state index is -0.788. The second-order valence-corrected chi connectivity index (χ2v) is 4.91. The maximum atomic E-state index is 11.8. The van der Waals surface area contributed by atoms with Crippen molar-refractivity contribution >= 4 is 5.91 Å². The molecule has 0 bridgehead atoms. The van der Waals surface area contributed by atoms with E-state index in [4.69, 9.17) is 10.00 Å². The van der Waals surface area contributed by atoms with E-state index in [-0.39, 0.29) is 11.8 Å². The average Bonchev–Trinajstić information content (AvgIpc) is 2.29. The van der Waals surface area contributed by atoms with Crippen molar-refractivity contribution in [2.24, 2.45) is 5.92 Å². The van der Waals surface area contributed by atoms with Crippen molar-refractivity contribution < 1.29 is 9.53 Å². The number of nitriles is 1. The van der Waals surface area contributed by atoms with Crippen molar-refractivity contribution in [3.8, 4) is 6.07 Å². The highest BCUT2D eigenvalue weighted by molar-refractivity contribution is 5.79. The summed E-state index contributed by atoms with van der Waals surface area (Å²) >= 11 is 0. The standard InChI is InChI=1S/C12H21N3O2/c1-10(2)12(3,9-13)14-11(16)8-15-4-6-17-7-5-15/h10H,4-8H2,1-3H3,(H,14,16)/t12-/m0/s1. The van der Waals surface area contributed by atoms with Crippen LogP contribution >= 0.6 is 0 Å². The second-order valence-electron chi connectivity index (χ2n) is 4.91. The van der Waals surface area contributed by atoms with E-state index in [1.807, 2.05) is 18.7 Å². The lowest BCUT2D eigenvalue weighted by atomic mass is 9.90. The van der Waals surface area contributed by atoms with Crippen LogP contribution in [0.25, 0.3) is 0 Å². The number of hydrogen-bond donors (Lipinski definition) is 1. The van der Waals surface area contributed by atoms with Crippen LogP contribution in [0.3, 0.4) is 0 Å². The van der Waals surface area contributed by atoms with Crippen LogP contribution in [0.1, 0.15) is 20.8 Å². The normalized spacial score (nSPS) is 20.6. The Hall–Kier alpha value is -1.12. The van der Waals surface area contributed by atoms with Gasteiger partial charge in [-0.25, -0.2) is 0 Å². The first-order chi connectivity index (χ1) is 7.98. The van der Waals surface area contributed by atoms with Gasteiger partial charge in [0, 0.05) is 13.1 Å². The van der Waals surface area contributed by atoms with Crippen LogP contribution in [-0.4, -0.2) is 49.2 Å². The molecule has 0 aliphatic carbocycles. The minimum absolute atomic E-state index is 0.0844. The third-order valence-electron chi connectivity index (χ3n) is 3.26. The summed E-state index contributed by atoms with van der Waals surface area (Å²) in [5.74, 6) is -0.00853. The van der Waals surface area contributed by atoms with Crippen LogP contribution in [0.5, 0.6) is 0 Å². The van der Waals surface area contributed by atoms with Gasteiger partial charge in [-0.3, -0.25) is 9.69 Å². The molecule has 1 rings (SSSR count). The van der Waals surface area contributed by atoms with Crippen LogP contribution in [0.2, 0.25) is 0 Å². The first kappa shape index (κ1) is 13.9. The molecule has 1 fully saturated rings. The third kappa shape index (κ3) is 3.99. The molecule has 0 aromatic heterocycles. The molecule has 17 heavy (non-hydrogen) atoms. The number of ether oxygens (including phenoxy) is 1. The summed E-state index contributed by atoms with van der Waals surface area (Å²) in [5.41, 5.74) is -0.788. The fourth-order valence-electron chi connectivity index (χ4n) is 1.59. The minimum Gasteiger partial charge on any atom is -0.379 e. The Bertz CT molecular complexity index is 305. The summed E-state index contributed by atoms with van der Waals surface area (Å²) < 4.78 is 5.22. The molecule has 0 aromatic rings. The average molecular weight is 239 g/mol. The van der Waals surface area contributed by atoms with E-state index >= 15 is 0 Å². The van der Waals surface area contributed by atoms with E-state index in [1.54, 1.807) is 6.92 Å². The van der Waals surface area contributed by atoms with E-state index in [1.165, 1.54) is 0 Å². The molecule has 1 atom stereocenters. The summed E-state index contributed by atoms with van der Waals surface area (Å²) in [5, 5.41) is 11.9. The molecule has 5 nitrogen and oxygen atoms in total. The highest BCUT2D eigenvalue weighted by Gasteiger charge is 2.30. The number of rotatable bonds is 4. The maximum Gasteiger partial charge on any atom is 0.235 e. The van der Waals surface area contributed by atoms with Gasteiger partial charge in [-0.15, -0.1) is 0 Å². The Morgan fingerprint density at radius 1 is 1.53 bits per heavy atom. The molecule has 1 heterocycles. The number of carbonyl (C=O) groups excluding carboxylic acids is 1. The third-order valence-corrected chi connectivity index (χ3v) is 3.26. The molecule has 96 valence electrons. The van der Waals surface area contributed by atoms with E-state index in [0.717, 1.165) is 13.1 Å². The molecule has 1 N–H and O–H groups in total. The Morgan fingerprint density at radius 2 is 2.12 bits per heavy atom. The van der Waals surface area contributed by atoms with Gasteiger partial charge in [0.2, 0.25) is 5.91 Å². The Kier molecular flexibility index (Phi) is 4.91. The molecule has 0 spiro atoms. The summed E-state index contributed by atoms with van der Waals surface area (Å²) in [6.45, 7) is 8.86. The summed E-state index contributed by atoms with van der Waals surface area (Å²) in [6.07, 6.45) is 0. The van der Waals surface area contributed by atoms with Gasteiger partial charge >= 0.3 is 0 Å². The lowest BCUT2D eigenvalue weighted by Gasteiger charge is -2.30. The SMILES string of the molecule is CC(C)[C@](C)(C#N)NC(=O)CN1CCOCC1. The van der Waals surface area contributed by atoms with Crippen LogP contribution in [-0.2, 0) is 9.53 Å². The largest absolute Gasteiger partial charge is 0.379 e. The van der Waals surface area contributed by atoms with Gasteiger partial charge < -0.3 is 10.1 Å². The highest BCUT2D eigenvalue weighted by atomic mass is 16.5.